The van der Waals surface area contributed by atoms with Gasteiger partial charge in [-0.2, -0.15) is 0 Å². The molecule has 0 radical (unpaired) electrons. The molecule has 0 fully saturated rings. The van der Waals surface area contributed by atoms with Crippen LogP contribution in [0.5, 0.6) is 0 Å². The van der Waals surface area contributed by atoms with Crippen molar-refractivity contribution in [1.82, 2.24) is 0 Å². The molecule has 1 rings (SSSR count). The molecule has 0 atom stereocenters. The van der Waals surface area contributed by atoms with Crippen LogP contribution in [0.25, 0.3) is 0 Å². The van der Waals surface area contributed by atoms with Gasteiger partial charge in [0.25, 0.3) is 0 Å². The highest BCUT2D eigenvalue weighted by Gasteiger charge is 2.21. The van der Waals surface area contributed by atoms with Crippen molar-refractivity contribution in [1.29, 1.82) is 0 Å². The normalized spacial score (nSPS) is 11.3. The zero-order valence-electron chi connectivity index (χ0n) is 16.1. The first-order valence-electron chi connectivity index (χ1n) is 9.75. The molecule has 0 aliphatic rings. The summed E-state index contributed by atoms with van der Waals surface area (Å²) in [6, 6.07) is 8.34. The molecule has 1 aromatic carbocycles. The van der Waals surface area contributed by atoms with Crippen molar-refractivity contribution in [3.63, 3.8) is 0 Å². The predicted octanol–water partition coefficient (Wildman–Crippen LogP) is 6.31. The Bertz CT molecular complexity index is 401. The van der Waals surface area contributed by atoms with Gasteiger partial charge in [0.2, 0.25) is 0 Å². The Balaban J connectivity index is 0.00000529. The van der Waals surface area contributed by atoms with Gasteiger partial charge in [-0.25, -0.2) is 0 Å². The predicted molar refractivity (Wildman–Crippen MR) is 106 cm³/mol. The molecule has 0 saturated heterocycles. The SMILES string of the molecule is CCCCCCC[N+](CC)(CC)CCCCc1ccc(Cl)cc1.[OH-]. The largest absolute Gasteiger partial charge is 0.870 e. The van der Waals surface area contributed by atoms with E-state index in [-0.39, 0.29) is 5.48 Å². The number of unbranched alkanes of at least 4 members (excludes halogenated alkanes) is 5. The van der Waals surface area contributed by atoms with Crippen LogP contribution in [0.15, 0.2) is 24.3 Å². The highest BCUT2D eigenvalue weighted by molar-refractivity contribution is 6.30. The van der Waals surface area contributed by atoms with Crippen LogP contribution in [0.4, 0.5) is 0 Å². The topological polar surface area (TPSA) is 30.0 Å². The first-order chi connectivity index (χ1) is 11.2. The number of hydrogen-bond acceptors (Lipinski definition) is 1. The lowest BCUT2D eigenvalue weighted by Crippen LogP contribution is -2.49. The summed E-state index contributed by atoms with van der Waals surface area (Å²) in [4.78, 5) is 0. The molecule has 0 spiro atoms. The van der Waals surface area contributed by atoms with Crippen molar-refractivity contribution in [2.24, 2.45) is 0 Å². The highest BCUT2D eigenvalue weighted by Crippen LogP contribution is 2.16. The molecular weight excluding hydrogens is 318 g/mol. The molecule has 1 aromatic rings. The molecule has 0 aliphatic heterocycles. The maximum Gasteiger partial charge on any atom is 0.0786 e. The van der Waals surface area contributed by atoms with E-state index in [9.17, 15) is 0 Å². The second kappa shape index (κ2) is 13.7. The van der Waals surface area contributed by atoms with Crippen LogP contribution in [0, 0.1) is 0 Å². The van der Waals surface area contributed by atoms with Crippen LogP contribution in [0.2, 0.25) is 5.02 Å². The highest BCUT2D eigenvalue weighted by atomic mass is 35.5. The zero-order valence-corrected chi connectivity index (χ0v) is 16.8. The van der Waals surface area contributed by atoms with E-state index >= 15 is 0 Å². The number of nitrogens with zero attached hydrogens (tertiary/aromatic N) is 1. The number of hydrogen-bond donors (Lipinski definition) is 0. The van der Waals surface area contributed by atoms with Gasteiger partial charge >= 0.3 is 0 Å². The fourth-order valence-electron chi connectivity index (χ4n) is 3.45. The monoisotopic (exact) mass is 355 g/mol. The van der Waals surface area contributed by atoms with Gasteiger partial charge in [0.1, 0.15) is 0 Å². The van der Waals surface area contributed by atoms with Crippen molar-refractivity contribution >= 4 is 11.6 Å². The van der Waals surface area contributed by atoms with E-state index in [4.69, 9.17) is 11.6 Å². The minimum atomic E-state index is 0. The number of rotatable bonds is 13. The lowest BCUT2D eigenvalue weighted by molar-refractivity contribution is -0.925. The van der Waals surface area contributed by atoms with Gasteiger partial charge < -0.3 is 9.96 Å². The van der Waals surface area contributed by atoms with E-state index in [2.05, 4.69) is 32.9 Å². The van der Waals surface area contributed by atoms with Gasteiger partial charge in [0.15, 0.2) is 0 Å². The molecule has 0 saturated carbocycles. The molecule has 0 bridgehead atoms. The van der Waals surface area contributed by atoms with E-state index in [1.807, 2.05) is 12.1 Å². The van der Waals surface area contributed by atoms with Crippen molar-refractivity contribution in [3.05, 3.63) is 34.9 Å². The average molecular weight is 356 g/mol. The molecule has 0 aromatic heterocycles. The minimum absolute atomic E-state index is 0. The van der Waals surface area contributed by atoms with Crippen LogP contribution in [0.1, 0.15) is 71.3 Å². The van der Waals surface area contributed by atoms with E-state index < -0.39 is 0 Å². The molecule has 0 unspecified atom stereocenters. The van der Waals surface area contributed by atoms with Gasteiger partial charge in [-0.05, 0) is 63.6 Å². The second-order valence-corrected chi connectivity index (χ2v) is 7.36. The fraction of sp³-hybridized carbons (Fsp3) is 0.714. The molecule has 140 valence electrons. The van der Waals surface area contributed by atoms with Crippen LogP contribution < -0.4 is 0 Å². The Morgan fingerprint density at radius 3 is 1.83 bits per heavy atom. The van der Waals surface area contributed by atoms with Crippen molar-refractivity contribution < 1.29 is 9.96 Å². The van der Waals surface area contributed by atoms with Crippen molar-refractivity contribution in [2.45, 2.75) is 72.1 Å². The number of halogens is 1. The molecule has 3 heteroatoms. The molecule has 0 heterocycles. The summed E-state index contributed by atoms with van der Waals surface area (Å²) in [6.45, 7) is 12.3. The van der Waals surface area contributed by atoms with Gasteiger partial charge in [0.05, 0.1) is 26.2 Å². The maximum absolute atomic E-state index is 5.95. The van der Waals surface area contributed by atoms with E-state index in [1.54, 1.807) is 0 Å². The van der Waals surface area contributed by atoms with Crippen LogP contribution >= 0.6 is 11.6 Å². The van der Waals surface area contributed by atoms with Crippen LogP contribution in [-0.2, 0) is 6.42 Å². The van der Waals surface area contributed by atoms with Gasteiger partial charge in [-0.15, -0.1) is 0 Å². The van der Waals surface area contributed by atoms with Gasteiger partial charge in [0, 0.05) is 5.02 Å². The average Bonchev–Trinajstić information content (AvgIpc) is 2.58. The quantitative estimate of drug-likeness (QED) is 0.301. The van der Waals surface area contributed by atoms with E-state index in [1.165, 1.54) is 87.6 Å². The number of benzene rings is 1. The van der Waals surface area contributed by atoms with Crippen molar-refractivity contribution in [3.8, 4) is 0 Å². The van der Waals surface area contributed by atoms with Crippen molar-refractivity contribution in [2.75, 3.05) is 26.2 Å². The first kappa shape index (κ1) is 23.4. The Hall–Kier alpha value is -0.570. The zero-order chi connectivity index (χ0) is 17.0. The third-order valence-electron chi connectivity index (χ3n) is 5.34. The Kier molecular flexibility index (Phi) is 13.4. The summed E-state index contributed by atoms with van der Waals surface area (Å²) in [5, 5.41) is 0.837. The first-order valence-corrected chi connectivity index (χ1v) is 10.1. The Morgan fingerprint density at radius 1 is 0.750 bits per heavy atom. The lowest BCUT2D eigenvalue weighted by atomic mass is 10.1. The minimum Gasteiger partial charge on any atom is -0.870 e. The summed E-state index contributed by atoms with van der Waals surface area (Å²) in [7, 11) is 0. The summed E-state index contributed by atoms with van der Waals surface area (Å²) in [5.74, 6) is 0. The number of quaternary nitrogens is 1. The summed E-state index contributed by atoms with van der Waals surface area (Å²) >= 11 is 5.95. The molecule has 1 N–H and O–H groups in total. The maximum atomic E-state index is 5.95. The van der Waals surface area contributed by atoms with Crippen LogP contribution in [-0.4, -0.2) is 36.1 Å². The molecule has 2 nitrogen and oxygen atoms in total. The summed E-state index contributed by atoms with van der Waals surface area (Å²) in [6.07, 6.45) is 10.8. The molecular formula is C21H38ClNO. The van der Waals surface area contributed by atoms with E-state index in [0.29, 0.717) is 0 Å². The Labute approximate surface area is 155 Å². The smallest absolute Gasteiger partial charge is 0.0786 e. The molecule has 24 heavy (non-hydrogen) atoms. The third kappa shape index (κ3) is 9.05. The lowest BCUT2D eigenvalue weighted by Gasteiger charge is -2.37. The second-order valence-electron chi connectivity index (χ2n) is 6.92. The Morgan fingerprint density at radius 2 is 1.29 bits per heavy atom. The van der Waals surface area contributed by atoms with Gasteiger partial charge in [-0.3, -0.25) is 0 Å². The summed E-state index contributed by atoms with van der Waals surface area (Å²) in [5.41, 5.74) is 1.42. The third-order valence-corrected chi connectivity index (χ3v) is 5.59. The fourth-order valence-corrected chi connectivity index (χ4v) is 3.57. The standard InChI is InChI=1S/C21H37ClN.H2O/c1-4-7-8-9-11-18-23(5-2,6-3)19-12-10-13-20-14-16-21(22)17-15-20;/h14-17H,4-13,18-19H2,1-3H3;1H2/q+1;/p-1. The van der Waals surface area contributed by atoms with Crippen LogP contribution in [0.3, 0.4) is 0 Å². The molecule has 0 aliphatic carbocycles. The summed E-state index contributed by atoms with van der Waals surface area (Å²) < 4.78 is 1.31. The van der Waals surface area contributed by atoms with E-state index in [0.717, 1.165) is 5.02 Å². The molecule has 0 amide bonds. The van der Waals surface area contributed by atoms with Gasteiger partial charge in [-0.1, -0.05) is 49.9 Å². The number of aryl methyl sites for hydroxylation is 1.